The Kier molecular flexibility index (Phi) is 3.17. The number of piperazine rings is 1. The van der Waals surface area contributed by atoms with Gasteiger partial charge in [0.1, 0.15) is 0 Å². The van der Waals surface area contributed by atoms with Crippen molar-refractivity contribution < 1.29 is 0 Å². The first-order chi connectivity index (χ1) is 7.89. The van der Waals surface area contributed by atoms with E-state index in [2.05, 4.69) is 63.0 Å². The fourth-order valence-electron chi connectivity index (χ4n) is 2.62. The molecule has 1 aliphatic rings. The average Bonchev–Trinajstić information content (AvgIpc) is 2.22. The molecule has 1 aromatic carbocycles. The SMILES string of the molecule is Cc1ccc(N2CC(C)(C)NCC2C)c(C)c1. The molecule has 2 nitrogen and oxygen atoms in total. The normalized spacial score (nSPS) is 23.8. The monoisotopic (exact) mass is 232 g/mol. The topological polar surface area (TPSA) is 15.3 Å². The van der Waals surface area contributed by atoms with Gasteiger partial charge in [-0.1, -0.05) is 17.7 Å². The number of nitrogens with one attached hydrogen (secondary N) is 1. The number of benzene rings is 1. The Morgan fingerprint density at radius 2 is 2.00 bits per heavy atom. The molecule has 0 aromatic heterocycles. The minimum atomic E-state index is 0.198. The molecule has 0 radical (unpaired) electrons. The molecule has 1 unspecified atom stereocenters. The molecule has 2 heteroatoms. The predicted molar refractivity (Wildman–Crippen MR) is 74.8 cm³/mol. The zero-order valence-electron chi connectivity index (χ0n) is 11.7. The summed E-state index contributed by atoms with van der Waals surface area (Å²) in [6.07, 6.45) is 0. The first-order valence-electron chi connectivity index (χ1n) is 6.48. The minimum Gasteiger partial charge on any atom is -0.366 e. The van der Waals surface area contributed by atoms with E-state index in [1.807, 2.05) is 0 Å². The molecule has 1 fully saturated rings. The summed E-state index contributed by atoms with van der Waals surface area (Å²) in [5.41, 5.74) is 4.31. The summed E-state index contributed by atoms with van der Waals surface area (Å²) in [5.74, 6) is 0. The second kappa shape index (κ2) is 4.34. The lowest BCUT2D eigenvalue weighted by Gasteiger charge is -2.45. The third-order valence-corrected chi connectivity index (χ3v) is 3.64. The van der Waals surface area contributed by atoms with Gasteiger partial charge in [-0.3, -0.25) is 0 Å². The van der Waals surface area contributed by atoms with Crippen molar-refractivity contribution in [3.63, 3.8) is 0 Å². The van der Waals surface area contributed by atoms with E-state index in [9.17, 15) is 0 Å². The van der Waals surface area contributed by atoms with E-state index in [-0.39, 0.29) is 5.54 Å². The standard InChI is InChI=1S/C15H24N2/c1-11-6-7-14(12(2)8-11)17-10-15(4,5)16-9-13(17)3/h6-8,13,16H,9-10H2,1-5H3. The maximum atomic E-state index is 3.60. The zero-order valence-corrected chi connectivity index (χ0v) is 11.7. The Morgan fingerprint density at radius 3 is 2.65 bits per heavy atom. The van der Waals surface area contributed by atoms with Crippen molar-refractivity contribution in [2.45, 2.75) is 46.2 Å². The van der Waals surface area contributed by atoms with Gasteiger partial charge >= 0.3 is 0 Å². The van der Waals surface area contributed by atoms with Gasteiger partial charge in [-0.15, -0.1) is 0 Å². The van der Waals surface area contributed by atoms with Gasteiger partial charge in [0.05, 0.1) is 0 Å². The highest BCUT2D eigenvalue weighted by Gasteiger charge is 2.30. The zero-order chi connectivity index (χ0) is 12.6. The lowest BCUT2D eigenvalue weighted by molar-refractivity contribution is 0.318. The largest absolute Gasteiger partial charge is 0.366 e. The average molecular weight is 232 g/mol. The van der Waals surface area contributed by atoms with Crippen LogP contribution in [0.15, 0.2) is 18.2 Å². The van der Waals surface area contributed by atoms with E-state index in [0.717, 1.165) is 13.1 Å². The van der Waals surface area contributed by atoms with E-state index in [0.29, 0.717) is 6.04 Å². The number of aryl methyl sites for hydroxylation is 2. The van der Waals surface area contributed by atoms with Crippen LogP contribution in [0.1, 0.15) is 31.9 Å². The maximum Gasteiger partial charge on any atom is 0.0399 e. The molecule has 1 atom stereocenters. The third-order valence-electron chi connectivity index (χ3n) is 3.64. The molecule has 1 saturated heterocycles. The van der Waals surface area contributed by atoms with Crippen LogP contribution in [-0.2, 0) is 0 Å². The minimum absolute atomic E-state index is 0.198. The van der Waals surface area contributed by atoms with Crippen molar-refractivity contribution in [1.82, 2.24) is 5.32 Å². The van der Waals surface area contributed by atoms with Gasteiger partial charge in [-0.2, -0.15) is 0 Å². The van der Waals surface area contributed by atoms with Crippen LogP contribution < -0.4 is 10.2 Å². The molecule has 1 heterocycles. The van der Waals surface area contributed by atoms with Crippen LogP contribution in [0.2, 0.25) is 0 Å². The second-order valence-electron chi connectivity index (χ2n) is 6.03. The van der Waals surface area contributed by atoms with E-state index in [1.54, 1.807) is 0 Å². The lowest BCUT2D eigenvalue weighted by atomic mass is 9.97. The predicted octanol–water partition coefficient (Wildman–Crippen LogP) is 2.88. The highest BCUT2D eigenvalue weighted by Crippen LogP contribution is 2.27. The second-order valence-corrected chi connectivity index (χ2v) is 6.03. The molecule has 0 spiro atoms. The Balaban J connectivity index is 2.31. The van der Waals surface area contributed by atoms with Crippen molar-refractivity contribution in [3.05, 3.63) is 29.3 Å². The van der Waals surface area contributed by atoms with Crippen LogP contribution in [-0.4, -0.2) is 24.7 Å². The van der Waals surface area contributed by atoms with Gasteiger partial charge in [-0.05, 0) is 46.2 Å². The number of hydrogen-bond acceptors (Lipinski definition) is 2. The van der Waals surface area contributed by atoms with Gasteiger partial charge in [0.25, 0.3) is 0 Å². The van der Waals surface area contributed by atoms with Gasteiger partial charge < -0.3 is 10.2 Å². The fourth-order valence-corrected chi connectivity index (χ4v) is 2.62. The molecule has 1 aliphatic heterocycles. The summed E-state index contributed by atoms with van der Waals surface area (Å²) in [4.78, 5) is 2.53. The summed E-state index contributed by atoms with van der Waals surface area (Å²) >= 11 is 0. The van der Waals surface area contributed by atoms with Crippen LogP contribution in [0.25, 0.3) is 0 Å². The first kappa shape index (κ1) is 12.4. The lowest BCUT2D eigenvalue weighted by Crippen LogP contribution is -2.61. The van der Waals surface area contributed by atoms with Crippen LogP contribution in [0.5, 0.6) is 0 Å². The molecule has 0 aliphatic carbocycles. The fraction of sp³-hybridized carbons (Fsp3) is 0.600. The van der Waals surface area contributed by atoms with Crippen LogP contribution in [0.3, 0.4) is 0 Å². The Bertz CT molecular complexity index is 409. The smallest absolute Gasteiger partial charge is 0.0399 e. The Labute approximate surface area is 105 Å². The van der Waals surface area contributed by atoms with E-state index < -0.39 is 0 Å². The van der Waals surface area contributed by atoms with Crippen molar-refractivity contribution in [2.75, 3.05) is 18.0 Å². The number of anilines is 1. The molecular formula is C15H24N2. The highest BCUT2D eigenvalue weighted by atomic mass is 15.2. The first-order valence-corrected chi connectivity index (χ1v) is 6.48. The molecule has 0 bridgehead atoms. The third kappa shape index (κ3) is 2.63. The van der Waals surface area contributed by atoms with Crippen LogP contribution in [0, 0.1) is 13.8 Å². The van der Waals surface area contributed by atoms with Gasteiger partial charge in [0.15, 0.2) is 0 Å². The number of rotatable bonds is 1. The summed E-state index contributed by atoms with van der Waals surface area (Å²) in [6, 6.07) is 7.31. The van der Waals surface area contributed by atoms with Gasteiger partial charge in [0, 0.05) is 30.4 Å². The quantitative estimate of drug-likeness (QED) is 0.801. The summed E-state index contributed by atoms with van der Waals surface area (Å²) in [5, 5.41) is 3.60. The van der Waals surface area contributed by atoms with Crippen LogP contribution >= 0.6 is 0 Å². The molecule has 1 N–H and O–H groups in total. The molecule has 1 aromatic rings. The Hall–Kier alpha value is -1.02. The van der Waals surface area contributed by atoms with Crippen LogP contribution in [0.4, 0.5) is 5.69 Å². The molecule has 94 valence electrons. The van der Waals surface area contributed by atoms with Gasteiger partial charge in [-0.25, -0.2) is 0 Å². The summed E-state index contributed by atoms with van der Waals surface area (Å²) in [7, 11) is 0. The van der Waals surface area contributed by atoms with Crippen molar-refractivity contribution in [3.8, 4) is 0 Å². The molecular weight excluding hydrogens is 208 g/mol. The van der Waals surface area contributed by atoms with Gasteiger partial charge in [0.2, 0.25) is 0 Å². The molecule has 17 heavy (non-hydrogen) atoms. The van der Waals surface area contributed by atoms with E-state index in [1.165, 1.54) is 16.8 Å². The number of hydrogen-bond donors (Lipinski definition) is 1. The van der Waals surface area contributed by atoms with Crippen molar-refractivity contribution >= 4 is 5.69 Å². The summed E-state index contributed by atoms with van der Waals surface area (Å²) < 4.78 is 0. The van der Waals surface area contributed by atoms with E-state index >= 15 is 0 Å². The van der Waals surface area contributed by atoms with E-state index in [4.69, 9.17) is 0 Å². The molecule has 2 rings (SSSR count). The highest BCUT2D eigenvalue weighted by molar-refractivity contribution is 5.56. The molecule has 0 amide bonds. The summed E-state index contributed by atoms with van der Waals surface area (Å²) in [6.45, 7) is 13.3. The van der Waals surface area contributed by atoms with Crippen molar-refractivity contribution in [1.29, 1.82) is 0 Å². The number of nitrogens with zero attached hydrogens (tertiary/aromatic N) is 1. The molecule has 0 saturated carbocycles. The maximum absolute atomic E-state index is 3.60. The Morgan fingerprint density at radius 1 is 1.29 bits per heavy atom. The van der Waals surface area contributed by atoms with Crippen molar-refractivity contribution in [2.24, 2.45) is 0 Å².